The molecular weight excluding hydrogens is 143 g/mol. The maximum Gasteiger partial charge on any atom is 0.127 e. The molecule has 0 aromatic heterocycles. The topological polar surface area (TPSA) is 19.9 Å². The van der Waals surface area contributed by atoms with Crippen LogP contribution in [0.3, 0.4) is 0 Å². The highest BCUT2D eigenvalue weighted by atomic mass is 19.1. The van der Waals surface area contributed by atoms with Gasteiger partial charge in [-0.1, -0.05) is 30.3 Å². The van der Waals surface area contributed by atoms with Crippen LogP contribution in [0.5, 0.6) is 0 Å². The van der Waals surface area contributed by atoms with E-state index >= 15 is 0 Å². The first-order valence-electron chi connectivity index (χ1n) is 3.61. The van der Waals surface area contributed by atoms with Crippen molar-refractivity contribution >= 4 is 0 Å². The molecule has 11 heavy (non-hydrogen) atoms. The third kappa shape index (κ3) is 2.31. The molecule has 0 aliphatic carbocycles. The summed E-state index contributed by atoms with van der Waals surface area (Å²) in [5, 5.41) is 10.1. The van der Waals surface area contributed by atoms with Crippen molar-refractivity contribution in [2.75, 3.05) is 6.61 Å². The van der Waals surface area contributed by atoms with E-state index in [2.05, 4.69) is 0 Å². The minimum Gasteiger partial charge on any atom is -0.242 e. The van der Waals surface area contributed by atoms with E-state index in [9.17, 15) is 9.50 Å². The highest BCUT2D eigenvalue weighted by molar-refractivity contribution is 5.17. The second kappa shape index (κ2) is 4.09. The Morgan fingerprint density at radius 1 is 1.27 bits per heavy atom. The molecule has 1 radical (unpaired) electrons. The molecule has 0 amide bonds. The Morgan fingerprint density at radius 2 is 1.91 bits per heavy atom. The van der Waals surface area contributed by atoms with Crippen molar-refractivity contribution in [2.45, 2.75) is 12.6 Å². The van der Waals surface area contributed by atoms with E-state index < -0.39 is 6.17 Å². The quantitative estimate of drug-likeness (QED) is 0.635. The summed E-state index contributed by atoms with van der Waals surface area (Å²) in [4.78, 5) is 0. The summed E-state index contributed by atoms with van der Waals surface area (Å²) in [6.45, 7) is -0.351. The minimum absolute atomic E-state index is 0.0734. The third-order valence-corrected chi connectivity index (χ3v) is 1.53. The van der Waals surface area contributed by atoms with Gasteiger partial charge in [0.05, 0.1) is 6.61 Å². The fourth-order valence-electron chi connectivity index (χ4n) is 0.932. The molecule has 1 nitrogen and oxygen atoms in total. The van der Waals surface area contributed by atoms with Gasteiger partial charge in [0.15, 0.2) is 0 Å². The van der Waals surface area contributed by atoms with Crippen LogP contribution >= 0.6 is 0 Å². The van der Waals surface area contributed by atoms with E-state index in [1.165, 1.54) is 0 Å². The van der Waals surface area contributed by atoms with Gasteiger partial charge in [-0.3, -0.25) is 0 Å². The van der Waals surface area contributed by atoms with Crippen molar-refractivity contribution in [1.82, 2.24) is 0 Å². The Kier molecular flexibility index (Phi) is 3.05. The number of halogens is 1. The largest absolute Gasteiger partial charge is 0.242 e. The lowest BCUT2D eigenvalue weighted by Crippen LogP contribution is -1.93. The molecule has 1 unspecified atom stereocenters. The summed E-state index contributed by atoms with van der Waals surface area (Å²) < 4.78 is 12.9. The van der Waals surface area contributed by atoms with Gasteiger partial charge in [0, 0.05) is 6.42 Å². The van der Waals surface area contributed by atoms with Crippen LogP contribution in [0.25, 0.3) is 0 Å². The molecule has 1 rings (SSSR count). The van der Waals surface area contributed by atoms with Crippen molar-refractivity contribution in [1.29, 1.82) is 0 Å². The van der Waals surface area contributed by atoms with Gasteiger partial charge in [-0.15, -0.1) is 0 Å². The Bertz CT molecular complexity index is 198. The molecule has 1 aromatic rings. The Hall–Kier alpha value is -0.890. The molecule has 1 atom stereocenters. The molecule has 59 valence electrons. The third-order valence-electron chi connectivity index (χ3n) is 1.53. The molecule has 0 spiro atoms. The van der Waals surface area contributed by atoms with E-state index in [0.29, 0.717) is 5.56 Å². The first-order valence-corrected chi connectivity index (χ1v) is 3.61. The average molecular weight is 153 g/mol. The van der Waals surface area contributed by atoms with Gasteiger partial charge in [-0.25, -0.2) is 9.50 Å². The van der Waals surface area contributed by atoms with E-state index in [-0.39, 0.29) is 13.0 Å². The number of hydrogen-bond donors (Lipinski definition) is 0. The van der Waals surface area contributed by atoms with Crippen LogP contribution in [-0.2, 0) is 5.11 Å². The lowest BCUT2D eigenvalue weighted by molar-refractivity contribution is 0.154. The highest BCUT2D eigenvalue weighted by Crippen LogP contribution is 2.19. The molecular formula is C9H10FO. The first-order chi connectivity index (χ1) is 5.34. The summed E-state index contributed by atoms with van der Waals surface area (Å²) in [6, 6.07) is 8.76. The monoisotopic (exact) mass is 153 g/mol. The molecule has 0 bridgehead atoms. The zero-order chi connectivity index (χ0) is 8.10. The van der Waals surface area contributed by atoms with Crippen LogP contribution in [-0.4, -0.2) is 6.61 Å². The van der Waals surface area contributed by atoms with Gasteiger partial charge in [-0.05, 0) is 5.56 Å². The minimum atomic E-state index is -1.09. The standard InChI is InChI=1S/C9H10FO/c10-9(6-7-11)8-4-2-1-3-5-8/h1-5,9H,6-7H2. The normalized spacial score (nSPS) is 12.9. The predicted molar refractivity (Wildman–Crippen MR) is 40.5 cm³/mol. The summed E-state index contributed by atoms with van der Waals surface area (Å²) in [5.74, 6) is 0. The summed E-state index contributed by atoms with van der Waals surface area (Å²) in [7, 11) is 0. The van der Waals surface area contributed by atoms with Crippen LogP contribution in [0.15, 0.2) is 30.3 Å². The predicted octanol–water partition coefficient (Wildman–Crippen LogP) is 2.52. The fraction of sp³-hybridized carbons (Fsp3) is 0.333. The number of alkyl halides is 1. The number of rotatable bonds is 3. The second-order valence-corrected chi connectivity index (χ2v) is 2.37. The Labute approximate surface area is 65.5 Å². The van der Waals surface area contributed by atoms with Crippen molar-refractivity contribution in [3.8, 4) is 0 Å². The van der Waals surface area contributed by atoms with Crippen molar-refractivity contribution < 1.29 is 9.50 Å². The van der Waals surface area contributed by atoms with Crippen LogP contribution in [0.1, 0.15) is 18.2 Å². The molecule has 0 heterocycles. The molecule has 1 aromatic carbocycles. The molecule has 0 saturated carbocycles. The van der Waals surface area contributed by atoms with Crippen LogP contribution in [0.2, 0.25) is 0 Å². The molecule has 0 aliphatic rings. The van der Waals surface area contributed by atoms with Crippen LogP contribution in [0.4, 0.5) is 4.39 Å². The number of hydrogen-bond acceptors (Lipinski definition) is 0. The second-order valence-electron chi connectivity index (χ2n) is 2.37. The van der Waals surface area contributed by atoms with Gasteiger partial charge in [0.1, 0.15) is 6.17 Å². The molecule has 0 N–H and O–H groups in total. The van der Waals surface area contributed by atoms with Crippen molar-refractivity contribution in [3.63, 3.8) is 0 Å². The molecule has 0 saturated heterocycles. The SMILES string of the molecule is [O]CCC(F)c1ccccc1. The fourth-order valence-corrected chi connectivity index (χ4v) is 0.932. The van der Waals surface area contributed by atoms with E-state index in [1.54, 1.807) is 24.3 Å². The maximum atomic E-state index is 12.9. The first kappa shape index (κ1) is 8.21. The molecule has 0 aliphatic heterocycles. The van der Waals surface area contributed by atoms with E-state index in [0.717, 1.165) is 0 Å². The maximum absolute atomic E-state index is 12.9. The van der Waals surface area contributed by atoms with E-state index in [4.69, 9.17) is 0 Å². The molecule has 2 heteroatoms. The van der Waals surface area contributed by atoms with Crippen molar-refractivity contribution in [3.05, 3.63) is 35.9 Å². The summed E-state index contributed by atoms with van der Waals surface area (Å²) in [5.41, 5.74) is 0.600. The summed E-state index contributed by atoms with van der Waals surface area (Å²) >= 11 is 0. The zero-order valence-corrected chi connectivity index (χ0v) is 6.16. The van der Waals surface area contributed by atoms with Crippen LogP contribution < -0.4 is 0 Å². The molecule has 0 fully saturated rings. The number of benzene rings is 1. The van der Waals surface area contributed by atoms with Crippen LogP contribution in [0, 0.1) is 0 Å². The lowest BCUT2D eigenvalue weighted by atomic mass is 10.1. The van der Waals surface area contributed by atoms with Gasteiger partial charge in [0.2, 0.25) is 0 Å². The Morgan fingerprint density at radius 3 is 2.45 bits per heavy atom. The van der Waals surface area contributed by atoms with Gasteiger partial charge in [-0.2, -0.15) is 0 Å². The Balaban J connectivity index is 2.61. The van der Waals surface area contributed by atoms with Crippen molar-refractivity contribution in [2.24, 2.45) is 0 Å². The van der Waals surface area contributed by atoms with Gasteiger partial charge < -0.3 is 0 Å². The van der Waals surface area contributed by atoms with Gasteiger partial charge in [0.25, 0.3) is 0 Å². The average Bonchev–Trinajstić information content (AvgIpc) is 2.07. The van der Waals surface area contributed by atoms with Gasteiger partial charge >= 0.3 is 0 Å². The lowest BCUT2D eigenvalue weighted by Gasteiger charge is -2.04. The zero-order valence-electron chi connectivity index (χ0n) is 6.16. The van der Waals surface area contributed by atoms with E-state index in [1.807, 2.05) is 6.07 Å². The summed E-state index contributed by atoms with van der Waals surface area (Å²) in [6.07, 6.45) is -1.02. The highest BCUT2D eigenvalue weighted by Gasteiger charge is 2.06. The smallest absolute Gasteiger partial charge is 0.127 e.